The third-order valence-electron chi connectivity index (χ3n) is 3.80. The molecular weight excluding hydrogens is 264 g/mol. The molecule has 19 heavy (non-hydrogen) atoms. The lowest BCUT2D eigenvalue weighted by molar-refractivity contribution is -0.140. The van der Waals surface area contributed by atoms with Crippen LogP contribution < -0.4 is 10.2 Å². The summed E-state index contributed by atoms with van der Waals surface area (Å²) in [5.74, 6) is -0.00142. The van der Waals surface area contributed by atoms with Crippen LogP contribution in [0.1, 0.15) is 12.8 Å². The second-order valence-electron chi connectivity index (χ2n) is 5.21. The molecule has 1 spiro atoms. The fraction of sp³-hybridized carbons (Fsp3) is 0.500. The summed E-state index contributed by atoms with van der Waals surface area (Å²) in [5, 5.41) is 4.00. The minimum Gasteiger partial charge on any atom is -0.362 e. The van der Waals surface area contributed by atoms with Crippen LogP contribution in [0.4, 0.5) is 5.69 Å². The van der Waals surface area contributed by atoms with E-state index in [2.05, 4.69) is 5.32 Å². The van der Waals surface area contributed by atoms with E-state index in [1.807, 2.05) is 24.3 Å². The molecule has 0 aromatic heterocycles. The molecule has 0 bridgehead atoms. The van der Waals surface area contributed by atoms with Gasteiger partial charge < -0.3 is 15.0 Å². The van der Waals surface area contributed by atoms with E-state index in [-0.39, 0.29) is 18.1 Å². The first-order valence-corrected chi connectivity index (χ1v) is 6.97. The number of anilines is 1. The van der Waals surface area contributed by atoms with E-state index in [0.29, 0.717) is 11.6 Å². The second-order valence-corrected chi connectivity index (χ2v) is 5.65. The topological polar surface area (TPSA) is 41.6 Å². The summed E-state index contributed by atoms with van der Waals surface area (Å²) >= 11 is 6.01. The Hall–Kier alpha value is -1.10. The van der Waals surface area contributed by atoms with E-state index in [1.54, 1.807) is 4.90 Å². The summed E-state index contributed by atoms with van der Waals surface area (Å²) < 4.78 is 5.81. The highest BCUT2D eigenvalue weighted by Gasteiger charge is 2.41. The predicted octanol–water partition coefficient (Wildman–Crippen LogP) is 1.83. The van der Waals surface area contributed by atoms with Crippen molar-refractivity contribution in [1.29, 1.82) is 0 Å². The Labute approximate surface area is 117 Å². The molecular formula is C14H17ClN2O2. The highest BCUT2D eigenvalue weighted by atomic mass is 35.5. The lowest BCUT2D eigenvalue weighted by atomic mass is 9.91. The molecule has 2 saturated heterocycles. The van der Waals surface area contributed by atoms with Gasteiger partial charge in [-0.05, 0) is 37.6 Å². The number of rotatable bonds is 1. The SMILES string of the molecule is O=C1COC2(CCCNC2)CN1c1cccc(Cl)c1. The Morgan fingerprint density at radius 3 is 3.05 bits per heavy atom. The fourth-order valence-electron chi connectivity index (χ4n) is 2.79. The van der Waals surface area contributed by atoms with Crippen LogP contribution in [0.2, 0.25) is 5.02 Å². The van der Waals surface area contributed by atoms with Crippen LogP contribution >= 0.6 is 11.6 Å². The van der Waals surface area contributed by atoms with E-state index in [1.165, 1.54) is 0 Å². The van der Waals surface area contributed by atoms with Crippen LogP contribution in [0.3, 0.4) is 0 Å². The maximum Gasteiger partial charge on any atom is 0.253 e. The molecule has 5 heteroatoms. The quantitative estimate of drug-likeness (QED) is 0.853. The third kappa shape index (κ3) is 2.61. The van der Waals surface area contributed by atoms with Crippen LogP contribution in [0.25, 0.3) is 0 Å². The number of carbonyl (C=O) groups excluding carboxylic acids is 1. The molecule has 1 atom stereocenters. The predicted molar refractivity (Wildman–Crippen MR) is 74.6 cm³/mol. The first kappa shape index (κ1) is 12.9. The number of amides is 1. The number of hydrogen-bond donors (Lipinski definition) is 1. The van der Waals surface area contributed by atoms with E-state index in [0.717, 1.165) is 31.6 Å². The van der Waals surface area contributed by atoms with Crippen molar-refractivity contribution in [1.82, 2.24) is 5.32 Å². The van der Waals surface area contributed by atoms with E-state index in [4.69, 9.17) is 16.3 Å². The van der Waals surface area contributed by atoms with Gasteiger partial charge in [-0.1, -0.05) is 17.7 Å². The Balaban J connectivity index is 1.85. The third-order valence-corrected chi connectivity index (χ3v) is 4.04. The van der Waals surface area contributed by atoms with Crippen molar-refractivity contribution in [2.24, 2.45) is 0 Å². The molecule has 1 amide bonds. The zero-order chi connectivity index (χ0) is 13.3. The van der Waals surface area contributed by atoms with Crippen molar-refractivity contribution in [2.75, 3.05) is 31.1 Å². The molecule has 1 aromatic rings. The van der Waals surface area contributed by atoms with Crippen molar-refractivity contribution < 1.29 is 9.53 Å². The van der Waals surface area contributed by atoms with Crippen LogP contribution in [-0.4, -0.2) is 37.7 Å². The lowest BCUT2D eigenvalue weighted by Gasteiger charge is -2.44. The molecule has 2 fully saturated rings. The van der Waals surface area contributed by atoms with Gasteiger partial charge in [-0.2, -0.15) is 0 Å². The lowest BCUT2D eigenvalue weighted by Crippen LogP contribution is -2.60. The average Bonchev–Trinajstić information content (AvgIpc) is 2.43. The largest absolute Gasteiger partial charge is 0.362 e. The monoisotopic (exact) mass is 280 g/mol. The second kappa shape index (κ2) is 5.12. The van der Waals surface area contributed by atoms with Crippen molar-refractivity contribution in [3.05, 3.63) is 29.3 Å². The van der Waals surface area contributed by atoms with Crippen molar-refractivity contribution in [3.63, 3.8) is 0 Å². The zero-order valence-corrected chi connectivity index (χ0v) is 11.4. The van der Waals surface area contributed by atoms with E-state index >= 15 is 0 Å². The van der Waals surface area contributed by atoms with Gasteiger partial charge in [-0.3, -0.25) is 4.79 Å². The maximum atomic E-state index is 12.1. The Bertz CT molecular complexity index is 486. The molecule has 1 N–H and O–H groups in total. The Morgan fingerprint density at radius 2 is 2.32 bits per heavy atom. The first-order chi connectivity index (χ1) is 9.19. The number of nitrogens with zero attached hydrogens (tertiary/aromatic N) is 1. The van der Waals surface area contributed by atoms with Gasteiger partial charge in [0.25, 0.3) is 5.91 Å². The highest BCUT2D eigenvalue weighted by molar-refractivity contribution is 6.30. The van der Waals surface area contributed by atoms with Gasteiger partial charge in [0.1, 0.15) is 6.61 Å². The Morgan fingerprint density at radius 1 is 1.42 bits per heavy atom. The summed E-state index contributed by atoms with van der Waals surface area (Å²) in [7, 11) is 0. The normalized spacial score (nSPS) is 27.8. The molecule has 1 unspecified atom stereocenters. The molecule has 0 saturated carbocycles. The summed E-state index contributed by atoms with van der Waals surface area (Å²) in [4.78, 5) is 13.9. The maximum absolute atomic E-state index is 12.1. The van der Waals surface area contributed by atoms with Crippen molar-refractivity contribution in [3.8, 4) is 0 Å². The molecule has 2 aliphatic heterocycles. The average molecular weight is 281 g/mol. The molecule has 2 aliphatic rings. The standard InChI is InChI=1S/C14H17ClN2O2/c15-11-3-1-4-12(7-11)17-10-14(19-8-13(17)18)5-2-6-16-9-14/h1,3-4,7,16H,2,5-6,8-10H2. The van der Waals surface area contributed by atoms with Crippen LogP contribution in [0, 0.1) is 0 Å². The van der Waals surface area contributed by atoms with Gasteiger partial charge in [-0.15, -0.1) is 0 Å². The smallest absolute Gasteiger partial charge is 0.253 e. The molecule has 102 valence electrons. The molecule has 1 aromatic carbocycles. The number of carbonyl (C=O) groups is 1. The molecule has 2 heterocycles. The van der Waals surface area contributed by atoms with Crippen LogP contribution in [0.5, 0.6) is 0 Å². The number of ether oxygens (including phenoxy) is 1. The summed E-state index contributed by atoms with van der Waals surface area (Å²) in [6, 6.07) is 7.42. The minimum atomic E-state index is -0.242. The van der Waals surface area contributed by atoms with Gasteiger partial charge >= 0.3 is 0 Å². The van der Waals surface area contributed by atoms with Crippen LogP contribution in [0.15, 0.2) is 24.3 Å². The summed E-state index contributed by atoms with van der Waals surface area (Å²) in [6.07, 6.45) is 2.07. The van der Waals surface area contributed by atoms with E-state index < -0.39 is 0 Å². The fourth-order valence-corrected chi connectivity index (χ4v) is 2.98. The van der Waals surface area contributed by atoms with Gasteiger partial charge in [0.15, 0.2) is 0 Å². The van der Waals surface area contributed by atoms with Crippen molar-refractivity contribution in [2.45, 2.75) is 18.4 Å². The van der Waals surface area contributed by atoms with Crippen molar-refractivity contribution >= 4 is 23.2 Å². The van der Waals surface area contributed by atoms with Gasteiger partial charge in [-0.25, -0.2) is 0 Å². The number of benzene rings is 1. The summed E-state index contributed by atoms with van der Waals surface area (Å²) in [5.41, 5.74) is 0.611. The number of halogens is 1. The number of hydrogen-bond acceptors (Lipinski definition) is 3. The number of morpholine rings is 1. The van der Waals surface area contributed by atoms with Gasteiger partial charge in [0.2, 0.25) is 0 Å². The van der Waals surface area contributed by atoms with Gasteiger partial charge in [0.05, 0.1) is 12.1 Å². The molecule has 4 nitrogen and oxygen atoms in total. The number of nitrogens with one attached hydrogen (secondary N) is 1. The highest BCUT2D eigenvalue weighted by Crippen LogP contribution is 2.30. The van der Waals surface area contributed by atoms with Crippen LogP contribution in [-0.2, 0) is 9.53 Å². The van der Waals surface area contributed by atoms with Gasteiger partial charge in [0, 0.05) is 17.3 Å². The first-order valence-electron chi connectivity index (χ1n) is 6.59. The molecule has 0 radical (unpaired) electrons. The minimum absolute atomic E-state index is 0.00142. The van der Waals surface area contributed by atoms with E-state index in [9.17, 15) is 4.79 Å². The molecule has 3 rings (SSSR count). The molecule has 0 aliphatic carbocycles. The zero-order valence-electron chi connectivity index (χ0n) is 10.7. The Kier molecular flexibility index (Phi) is 3.48. The number of piperidine rings is 1. The summed E-state index contributed by atoms with van der Waals surface area (Å²) in [6.45, 7) is 2.57.